The summed E-state index contributed by atoms with van der Waals surface area (Å²) in [5, 5.41) is 16.1. The van der Waals surface area contributed by atoms with Crippen molar-refractivity contribution in [3.05, 3.63) is 63.2 Å². The van der Waals surface area contributed by atoms with E-state index < -0.39 is 22.2 Å². The lowest BCUT2D eigenvalue weighted by Crippen LogP contribution is -2.19. The molecular weight excluding hydrogens is 336 g/mol. The first-order valence-electron chi connectivity index (χ1n) is 5.84. The first-order chi connectivity index (χ1) is 10.4. The van der Waals surface area contributed by atoms with E-state index in [9.17, 15) is 18.9 Å². The van der Waals surface area contributed by atoms with Crippen molar-refractivity contribution in [2.45, 2.75) is 0 Å². The number of benzene rings is 2. The number of nitro groups is 1. The molecule has 0 aliphatic rings. The summed E-state index contributed by atoms with van der Waals surface area (Å²) in [5.41, 5.74) is -0.0351. The van der Waals surface area contributed by atoms with Gasteiger partial charge in [0.2, 0.25) is 0 Å². The topological polar surface area (TPSA) is 67.2 Å². The molecule has 0 spiro atoms. The van der Waals surface area contributed by atoms with Crippen LogP contribution < -0.4 is 10.6 Å². The van der Waals surface area contributed by atoms with Gasteiger partial charge in [-0.05, 0) is 42.5 Å². The Morgan fingerprint density at radius 3 is 2.55 bits per heavy atom. The second-order valence-corrected chi connectivity index (χ2v) is 4.94. The average molecular weight is 344 g/mol. The first-order valence-corrected chi connectivity index (χ1v) is 6.62. The number of nitro benzene ring substituents is 1. The van der Waals surface area contributed by atoms with Gasteiger partial charge in [0.15, 0.2) is 5.11 Å². The standard InChI is InChI=1S/C13H8ClF2N3O2S/c14-9-6-8(2-3-10(9)16)17-13(22)18-11-4-1-7(15)5-12(11)19(20)21/h1-6H,(H2,17,18,22). The molecule has 2 aromatic rings. The van der Waals surface area contributed by atoms with Crippen LogP contribution in [0.15, 0.2) is 36.4 Å². The molecule has 0 bridgehead atoms. The fraction of sp³-hybridized carbons (Fsp3) is 0. The van der Waals surface area contributed by atoms with E-state index in [4.69, 9.17) is 23.8 Å². The van der Waals surface area contributed by atoms with Gasteiger partial charge in [0.25, 0.3) is 5.69 Å². The predicted octanol–water partition coefficient (Wildman–Crippen LogP) is 4.34. The van der Waals surface area contributed by atoms with Gasteiger partial charge in [0.05, 0.1) is 16.0 Å². The van der Waals surface area contributed by atoms with Crippen molar-refractivity contribution >= 4 is 46.0 Å². The summed E-state index contributed by atoms with van der Waals surface area (Å²) in [4.78, 5) is 10.1. The Morgan fingerprint density at radius 1 is 1.18 bits per heavy atom. The number of thiocarbonyl (C=S) groups is 1. The molecule has 2 aromatic carbocycles. The van der Waals surface area contributed by atoms with Crippen LogP contribution in [0, 0.1) is 21.7 Å². The van der Waals surface area contributed by atoms with E-state index in [0.717, 1.165) is 18.2 Å². The van der Waals surface area contributed by atoms with E-state index in [1.54, 1.807) is 0 Å². The van der Waals surface area contributed by atoms with E-state index in [2.05, 4.69) is 10.6 Å². The molecule has 0 unspecified atom stereocenters. The second-order valence-electron chi connectivity index (χ2n) is 4.13. The maximum atomic E-state index is 13.0. The molecule has 114 valence electrons. The number of hydrogen-bond acceptors (Lipinski definition) is 3. The summed E-state index contributed by atoms with van der Waals surface area (Å²) in [6, 6.07) is 6.89. The van der Waals surface area contributed by atoms with Crippen LogP contribution in [0.3, 0.4) is 0 Å². The minimum absolute atomic E-state index is 0.0115. The highest BCUT2D eigenvalue weighted by Gasteiger charge is 2.16. The molecule has 0 saturated carbocycles. The molecule has 0 radical (unpaired) electrons. The van der Waals surface area contributed by atoms with Crippen LogP contribution in [0.4, 0.5) is 25.8 Å². The van der Waals surface area contributed by atoms with Crippen LogP contribution >= 0.6 is 23.8 Å². The largest absolute Gasteiger partial charge is 0.332 e. The highest BCUT2D eigenvalue weighted by molar-refractivity contribution is 7.80. The van der Waals surface area contributed by atoms with Gasteiger partial charge >= 0.3 is 0 Å². The van der Waals surface area contributed by atoms with E-state index in [1.807, 2.05) is 0 Å². The van der Waals surface area contributed by atoms with E-state index in [0.29, 0.717) is 5.69 Å². The molecule has 5 nitrogen and oxygen atoms in total. The molecule has 0 aliphatic carbocycles. The number of rotatable bonds is 3. The molecule has 0 aromatic heterocycles. The van der Waals surface area contributed by atoms with E-state index >= 15 is 0 Å². The normalized spacial score (nSPS) is 10.1. The summed E-state index contributed by atoms with van der Waals surface area (Å²) < 4.78 is 26.1. The van der Waals surface area contributed by atoms with E-state index in [-0.39, 0.29) is 15.8 Å². The van der Waals surface area contributed by atoms with Gasteiger partial charge in [0.1, 0.15) is 17.3 Å². The van der Waals surface area contributed by atoms with E-state index in [1.165, 1.54) is 18.2 Å². The monoisotopic (exact) mass is 343 g/mol. The fourth-order valence-corrected chi connectivity index (χ4v) is 2.03. The van der Waals surface area contributed by atoms with Crippen molar-refractivity contribution in [2.75, 3.05) is 10.6 Å². The molecular formula is C13H8ClF2N3O2S. The Labute approximate surface area is 134 Å². The lowest BCUT2D eigenvalue weighted by Gasteiger charge is -2.11. The van der Waals surface area contributed by atoms with Crippen LogP contribution in [0.5, 0.6) is 0 Å². The van der Waals surface area contributed by atoms with Crippen molar-refractivity contribution in [2.24, 2.45) is 0 Å². The number of nitrogens with one attached hydrogen (secondary N) is 2. The highest BCUT2D eigenvalue weighted by atomic mass is 35.5. The Bertz CT molecular complexity index is 758. The zero-order chi connectivity index (χ0) is 16.3. The van der Waals surface area contributed by atoms with Gasteiger partial charge in [-0.1, -0.05) is 11.6 Å². The Balaban J connectivity index is 2.15. The molecule has 0 fully saturated rings. The van der Waals surface area contributed by atoms with Crippen molar-refractivity contribution in [1.29, 1.82) is 0 Å². The maximum absolute atomic E-state index is 13.0. The molecule has 2 N–H and O–H groups in total. The van der Waals surface area contributed by atoms with Crippen LogP contribution in [0.1, 0.15) is 0 Å². The molecule has 9 heteroatoms. The zero-order valence-corrected chi connectivity index (χ0v) is 12.3. The van der Waals surface area contributed by atoms with Crippen LogP contribution in [0.25, 0.3) is 0 Å². The van der Waals surface area contributed by atoms with Crippen molar-refractivity contribution < 1.29 is 13.7 Å². The minimum atomic E-state index is -0.735. The summed E-state index contributed by atoms with van der Waals surface area (Å²) >= 11 is 10.6. The van der Waals surface area contributed by atoms with Crippen LogP contribution in [-0.4, -0.2) is 10.0 Å². The van der Waals surface area contributed by atoms with Gasteiger partial charge < -0.3 is 10.6 Å². The van der Waals surface area contributed by atoms with Crippen LogP contribution in [-0.2, 0) is 0 Å². The average Bonchev–Trinajstić information content (AvgIpc) is 2.44. The predicted molar refractivity (Wildman–Crippen MR) is 84.3 cm³/mol. The Morgan fingerprint density at radius 2 is 1.91 bits per heavy atom. The molecule has 2 rings (SSSR count). The number of hydrogen-bond donors (Lipinski definition) is 2. The van der Waals surface area contributed by atoms with Gasteiger partial charge in [-0.15, -0.1) is 0 Å². The van der Waals surface area contributed by atoms with Gasteiger partial charge in [-0.25, -0.2) is 8.78 Å². The quantitative estimate of drug-likeness (QED) is 0.493. The first kappa shape index (κ1) is 16.1. The van der Waals surface area contributed by atoms with Gasteiger partial charge in [-0.3, -0.25) is 10.1 Å². The second kappa shape index (κ2) is 6.63. The molecule has 0 heterocycles. The highest BCUT2D eigenvalue weighted by Crippen LogP contribution is 2.25. The summed E-state index contributed by atoms with van der Waals surface area (Å²) in [6.07, 6.45) is 0. The number of nitrogens with zero attached hydrogens (tertiary/aromatic N) is 1. The fourth-order valence-electron chi connectivity index (χ4n) is 1.62. The number of anilines is 2. The van der Waals surface area contributed by atoms with Crippen molar-refractivity contribution in [3.8, 4) is 0 Å². The maximum Gasteiger partial charge on any atom is 0.295 e. The lowest BCUT2D eigenvalue weighted by molar-refractivity contribution is -0.384. The van der Waals surface area contributed by atoms with Crippen LogP contribution in [0.2, 0.25) is 5.02 Å². The molecule has 0 amide bonds. The third-order valence-corrected chi connectivity index (χ3v) is 3.08. The summed E-state index contributed by atoms with van der Waals surface area (Å²) in [7, 11) is 0. The molecule has 0 atom stereocenters. The lowest BCUT2D eigenvalue weighted by atomic mass is 10.2. The third kappa shape index (κ3) is 3.86. The third-order valence-electron chi connectivity index (χ3n) is 2.58. The van der Waals surface area contributed by atoms with Crippen molar-refractivity contribution in [1.82, 2.24) is 0 Å². The zero-order valence-electron chi connectivity index (χ0n) is 10.8. The van der Waals surface area contributed by atoms with Gasteiger partial charge in [0, 0.05) is 5.69 Å². The SMILES string of the molecule is O=[N+]([O-])c1cc(F)ccc1NC(=S)Nc1ccc(F)c(Cl)c1. The molecule has 22 heavy (non-hydrogen) atoms. The summed E-state index contributed by atoms with van der Waals surface area (Å²) in [5.74, 6) is -1.32. The Kier molecular flexibility index (Phi) is 4.84. The number of halogens is 3. The minimum Gasteiger partial charge on any atom is -0.332 e. The van der Waals surface area contributed by atoms with Gasteiger partial charge in [-0.2, -0.15) is 0 Å². The summed E-state index contributed by atoms with van der Waals surface area (Å²) in [6.45, 7) is 0. The Hall–Kier alpha value is -2.32. The van der Waals surface area contributed by atoms with Crippen molar-refractivity contribution in [3.63, 3.8) is 0 Å². The smallest absolute Gasteiger partial charge is 0.295 e. The molecule has 0 saturated heterocycles. The molecule has 0 aliphatic heterocycles.